The Labute approximate surface area is 105 Å². The van der Waals surface area contributed by atoms with Crippen LogP contribution in [-0.4, -0.2) is 21.4 Å². The molecule has 1 rings (SSSR count). The number of carbonyl (C=O) groups excluding carboxylic acids is 1. The first-order valence-corrected chi connectivity index (χ1v) is 5.39. The minimum absolute atomic E-state index is 0.0553. The fourth-order valence-electron chi connectivity index (χ4n) is 1.59. The number of aromatic nitrogens is 1. The summed E-state index contributed by atoms with van der Waals surface area (Å²) in [5.74, 6) is -0.348. The largest absolute Gasteiger partial charge is 0.370 e. The molecular formula is C11H16N4O3. The van der Waals surface area contributed by atoms with E-state index in [1.807, 2.05) is 0 Å². The van der Waals surface area contributed by atoms with Crippen LogP contribution in [0.2, 0.25) is 0 Å². The third-order valence-corrected chi connectivity index (χ3v) is 2.27. The van der Waals surface area contributed by atoms with E-state index in [4.69, 9.17) is 5.73 Å². The number of nitro groups is 1. The van der Waals surface area contributed by atoms with Crippen LogP contribution in [0.3, 0.4) is 0 Å². The predicted octanol–water partition coefficient (Wildman–Crippen LogP) is 1.36. The maximum atomic E-state index is 10.9. The third-order valence-electron chi connectivity index (χ3n) is 2.27. The maximum absolute atomic E-state index is 10.9. The Bertz CT molecular complexity index is 485. The van der Waals surface area contributed by atoms with Crippen LogP contribution in [0.4, 0.5) is 11.5 Å². The van der Waals surface area contributed by atoms with E-state index in [1.165, 1.54) is 12.3 Å². The van der Waals surface area contributed by atoms with Gasteiger partial charge in [0.15, 0.2) is 0 Å². The first kappa shape index (κ1) is 13.9. The van der Waals surface area contributed by atoms with Gasteiger partial charge in [0.05, 0.1) is 4.92 Å². The highest BCUT2D eigenvalue weighted by atomic mass is 16.6. The van der Waals surface area contributed by atoms with E-state index in [9.17, 15) is 14.9 Å². The Morgan fingerprint density at radius 3 is 2.72 bits per heavy atom. The van der Waals surface area contributed by atoms with E-state index in [1.54, 1.807) is 20.8 Å². The standard InChI is InChI=1S/C11H16N4O3/c1-7-4-8(15(17)18)10(13-6-7)14-11(2,3)5-9(12)16/h4,6H,5H2,1-3H3,(H2,12,16)(H,13,14). The summed E-state index contributed by atoms with van der Waals surface area (Å²) in [5.41, 5.74) is 5.00. The van der Waals surface area contributed by atoms with Crippen molar-refractivity contribution >= 4 is 17.4 Å². The Hall–Kier alpha value is -2.18. The molecule has 3 N–H and O–H groups in total. The molecule has 0 saturated heterocycles. The van der Waals surface area contributed by atoms with Crippen molar-refractivity contribution in [3.63, 3.8) is 0 Å². The molecule has 98 valence electrons. The number of carbonyl (C=O) groups is 1. The van der Waals surface area contributed by atoms with Gasteiger partial charge >= 0.3 is 5.69 Å². The van der Waals surface area contributed by atoms with Crippen molar-refractivity contribution in [1.82, 2.24) is 4.98 Å². The summed E-state index contributed by atoms with van der Waals surface area (Å²) in [6, 6.07) is 1.43. The van der Waals surface area contributed by atoms with E-state index < -0.39 is 16.4 Å². The van der Waals surface area contributed by atoms with Crippen molar-refractivity contribution < 1.29 is 9.72 Å². The van der Waals surface area contributed by atoms with Gasteiger partial charge in [0.2, 0.25) is 11.7 Å². The number of pyridine rings is 1. The van der Waals surface area contributed by atoms with Crippen LogP contribution in [0.25, 0.3) is 0 Å². The lowest BCUT2D eigenvalue weighted by molar-refractivity contribution is -0.384. The summed E-state index contributed by atoms with van der Waals surface area (Å²) < 4.78 is 0. The smallest absolute Gasteiger partial charge is 0.311 e. The van der Waals surface area contributed by atoms with Gasteiger partial charge in [0.1, 0.15) is 0 Å². The molecular weight excluding hydrogens is 236 g/mol. The van der Waals surface area contributed by atoms with E-state index in [2.05, 4.69) is 10.3 Å². The average Bonchev–Trinajstić information content (AvgIpc) is 2.18. The van der Waals surface area contributed by atoms with Crippen LogP contribution in [0.1, 0.15) is 25.8 Å². The van der Waals surface area contributed by atoms with Crippen molar-refractivity contribution in [2.45, 2.75) is 32.7 Å². The lowest BCUT2D eigenvalue weighted by Crippen LogP contribution is -2.36. The number of amides is 1. The van der Waals surface area contributed by atoms with Gasteiger partial charge in [-0.15, -0.1) is 0 Å². The van der Waals surface area contributed by atoms with Crippen LogP contribution in [0, 0.1) is 17.0 Å². The van der Waals surface area contributed by atoms with Crippen molar-refractivity contribution in [3.8, 4) is 0 Å². The maximum Gasteiger partial charge on any atom is 0.311 e. The number of nitrogens with one attached hydrogen (secondary N) is 1. The molecule has 0 saturated carbocycles. The molecule has 18 heavy (non-hydrogen) atoms. The van der Waals surface area contributed by atoms with Crippen LogP contribution in [0.5, 0.6) is 0 Å². The highest BCUT2D eigenvalue weighted by molar-refractivity contribution is 5.76. The van der Waals surface area contributed by atoms with Crippen molar-refractivity contribution in [2.24, 2.45) is 5.73 Å². The fraction of sp³-hybridized carbons (Fsp3) is 0.455. The molecule has 0 bridgehead atoms. The Morgan fingerprint density at radius 1 is 1.61 bits per heavy atom. The molecule has 0 spiro atoms. The van der Waals surface area contributed by atoms with Crippen molar-refractivity contribution in [3.05, 3.63) is 27.9 Å². The van der Waals surface area contributed by atoms with Gasteiger partial charge in [0, 0.05) is 24.2 Å². The van der Waals surface area contributed by atoms with Gasteiger partial charge in [-0.3, -0.25) is 14.9 Å². The highest BCUT2D eigenvalue weighted by Crippen LogP contribution is 2.26. The molecule has 0 unspecified atom stereocenters. The molecule has 1 heterocycles. The average molecular weight is 252 g/mol. The molecule has 1 amide bonds. The van der Waals surface area contributed by atoms with Gasteiger partial charge in [-0.1, -0.05) is 0 Å². The van der Waals surface area contributed by atoms with Crippen LogP contribution in [-0.2, 0) is 4.79 Å². The molecule has 0 atom stereocenters. The number of rotatable bonds is 5. The Morgan fingerprint density at radius 2 is 2.22 bits per heavy atom. The van der Waals surface area contributed by atoms with E-state index in [0.717, 1.165) is 0 Å². The SMILES string of the molecule is Cc1cnc(NC(C)(C)CC(N)=O)c([N+](=O)[O-])c1. The van der Waals surface area contributed by atoms with Gasteiger partial charge in [0.25, 0.3) is 0 Å². The summed E-state index contributed by atoms with van der Waals surface area (Å²) in [5, 5.41) is 13.8. The zero-order chi connectivity index (χ0) is 13.9. The van der Waals surface area contributed by atoms with Gasteiger partial charge in [-0.05, 0) is 26.3 Å². The first-order chi connectivity index (χ1) is 8.21. The molecule has 0 fully saturated rings. The normalized spacial score (nSPS) is 11.1. The van der Waals surface area contributed by atoms with Crippen LogP contribution >= 0.6 is 0 Å². The topological polar surface area (TPSA) is 111 Å². The van der Waals surface area contributed by atoms with Gasteiger partial charge < -0.3 is 11.1 Å². The third kappa shape index (κ3) is 3.69. The minimum atomic E-state index is -0.696. The number of primary amides is 1. The number of nitrogens with zero attached hydrogens (tertiary/aromatic N) is 2. The number of hydrogen-bond acceptors (Lipinski definition) is 5. The highest BCUT2D eigenvalue weighted by Gasteiger charge is 2.25. The number of nitrogens with two attached hydrogens (primary N) is 1. The number of anilines is 1. The molecule has 1 aromatic rings. The second-order valence-electron chi connectivity index (χ2n) is 4.79. The van der Waals surface area contributed by atoms with Crippen LogP contribution < -0.4 is 11.1 Å². The molecule has 0 aliphatic heterocycles. The zero-order valence-corrected chi connectivity index (χ0v) is 10.6. The van der Waals surface area contributed by atoms with Crippen molar-refractivity contribution in [2.75, 3.05) is 5.32 Å². The molecule has 0 aliphatic carbocycles. The second kappa shape index (κ2) is 4.99. The molecule has 1 aromatic heterocycles. The van der Waals surface area contributed by atoms with Crippen molar-refractivity contribution in [1.29, 1.82) is 0 Å². The molecule has 0 radical (unpaired) electrons. The zero-order valence-electron chi connectivity index (χ0n) is 10.6. The Balaban J connectivity index is 3.03. The molecule has 0 aliphatic rings. The summed E-state index contributed by atoms with van der Waals surface area (Å²) in [6.45, 7) is 5.17. The molecule has 0 aromatic carbocycles. The molecule has 7 nitrogen and oxygen atoms in total. The molecule has 7 heteroatoms. The van der Waals surface area contributed by atoms with Gasteiger partial charge in [-0.2, -0.15) is 0 Å². The Kier molecular flexibility index (Phi) is 3.85. The van der Waals surface area contributed by atoms with Gasteiger partial charge in [-0.25, -0.2) is 4.98 Å². The number of aryl methyl sites for hydroxylation is 1. The van der Waals surface area contributed by atoms with E-state index in [-0.39, 0.29) is 17.9 Å². The summed E-state index contributed by atoms with van der Waals surface area (Å²) >= 11 is 0. The second-order valence-corrected chi connectivity index (χ2v) is 4.79. The summed E-state index contributed by atoms with van der Waals surface area (Å²) in [6.07, 6.45) is 1.58. The monoisotopic (exact) mass is 252 g/mol. The predicted molar refractivity (Wildman–Crippen MR) is 67.1 cm³/mol. The lowest BCUT2D eigenvalue weighted by atomic mass is 10.0. The summed E-state index contributed by atoms with van der Waals surface area (Å²) in [7, 11) is 0. The fourth-order valence-corrected chi connectivity index (χ4v) is 1.59. The number of hydrogen-bond donors (Lipinski definition) is 2. The van der Waals surface area contributed by atoms with Crippen LogP contribution in [0.15, 0.2) is 12.3 Å². The van der Waals surface area contributed by atoms with E-state index >= 15 is 0 Å². The first-order valence-electron chi connectivity index (χ1n) is 5.39. The minimum Gasteiger partial charge on any atom is -0.370 e. The quantitative estimate of drug-likeness (QED) is 0.607. The van der Waals surface area contributed by atoms with E-state index in [0.29, 0.717) is 5.56 Å². The summed E-state index contributed by atoms with van der Waals surface area (Å²) in [4.78, 5) is 25.3. The lowest BCUT2D eigenvalue weighted by Gasteiger charge is -2.25.